The van der Waals surface area contributed by atoms with Gasteiger partial charge in [0.05, 0.1) is 25.9 Å². The van der Waals surface area contributed by atoms with E-state index in [1.807, 2.05) is 20.8 Å². The van der Waals surface area contributed by atoms with E-state index in [0.717, 1.165) is 0 Å². The molecular formula is C19H27N3O5. The van der Waals surface area contributed by atoms with Gasteiger partial charge in [-0.3, -0.25) is 9.59 Å². The van der Waals surface area contributed by atoms with Crippen molar-refractivity contribution in [1.29, 1.82) is 5.26 Å². The van der Waals surface area contributed by atoms with Crippen LogP contribution in [0.4, 0.5) is 0 Å². The van der Waals surface area contributed by atoms with E-state index in [1.54, 1.807) is 18.2 Å². The number of carbonyl (C=O) groups excluding carboxylic acids is 2. The standard InChI is InChI=1S/C19H27N3O5/c1-4-25-15-12-14(13-16(26-5-2)18(15)27-6-3)19(24)22-11-7-10-21-17(23)8-9-20/h12-13H,4-8,10-11H2,1-3H3,(H,21,23)(H,22,24). The molecule has 27 heavy (non-hydrogen) atoms. The van der Waals surface area contributed by atoms with Crippen molar-refractivity contribution in [2.75, 3.05) is 32.9 Å². The fourth-order valence-electron chi connectivity index (χ4n) is 2.27. The molecule has 1 aromatic carbocycles. The van der Waals surface area contributed by atoms with Crippen molar-refractivity contribution in [2.24, 2.45) is 0 Å². The van der Waals surface area contributed by atoms with Crippen molar-refractivity contribution >= 4 is 11.8 Å². The fraction of sp³-hybridized carbons (Fsp3) is 0.526. The van der Waals surface area contributed by atoms with Crippen LogP contribution in [0, 0.1) is 11.3 Å². The van der Waals surface area contributed by atoms with E-state index in [0.29, 0.717) is 62.1 Å². The van der Waals surface area contributed by atoms with Gasteiger partial charge in [0, 0.05) is 18.7 Å². The maximum absolute atomic E-state index is 12.4. The van der Waals surface area contributed by atoms with Crippen LogP contribution < -0.4 is 24.8 Å². The van der Waals surface area contributed by atoms with Gasteiger partial charge >= 0.3 is 0 Å². The molecule has 0 aliphatic heterocycles. The van der Waals surface area contributed by atoms with E-state index in [9.17, 15) is 9.59 Å². The van der Waals surface area contributed by atoms with Crippen LogP contribution in [0.5, 0.6) is 17.2 Å². The zero-order valence-electron chi connectivity index (χ0n) is 16.1. The molecule has 1 rings (SSSR count). The Hall–Kier alpha value is -2.95. The molecule has 8 nitrogen and oxygen atoms in total. The first kappa shape index (κ1) is 22.1. The van der Waals surface area contributed by atoms with Crippen molar-refractivity contribution in [2.45, 2.75) is 33.6 Å². The molecule has 0 saturated heterocycles. The largest absolute Gasteiger partial charge is 0.490 e. The topological polar surface area (TPSA) is 110 Å². The van der Waals surface area contributed by atoms with Crippen LogP contribution in [0.15, 0.2) is 12.1 Å². The Labute approximate surface area is 159 Å². The predicted molar refractivity (Wildman–Crippen MR) is 100 cm³/mol. The number of hydrogen-bond donors (Lipinski definition) is 2. The average molecular weight is 377 g/mol. The SMILES string of the molecule is CCOc1cc(C(=O)NCCCNC(=O)CC#N)cc(OCC)c1OCC. The number of hydrogen-bond acceptors (Lipinski definition) is 6. The number of nitriles is 1. The van der Waals surface area contributed by atoms with Crippen LogP contribution in [0.1, 0.15) is 44.0 Å². The zero-order chi connectivity index (χ0) is 20.1. The smallest absolute Gasteiger partial charge is 0.251 e. The third-order valence-electron chi connectivity index (χ3n) is 3.37. The molecule has 148 valence electrons. The summed E-state index contributed by atoms with van der Waals surface area (Å²) in [5.74, 6) is 0.803. The van der Waals surface area contributed by atoms with Crippen molar-refractivity contribution < 1.29 is 23.8 Å². The second-order valence-electron chi connectivity index (χ2n) is 5.39. The molecule has 0 bridgehead atoms. The van der Waals surface area contributed by atoms with Gasteiger partial charge in [0.25, 0.3) is 5.91 Å². The third-order valence-corrected chi connectivity index (χ3v) is 3.37. The van der Waals surface area contributed by atoms with Gasteiger partial charge in [-0.2, -0.15) is 5.26 Å². The number of rotatable bonds is 12. The highest BCUT2D eigenvalue weighted by Crippen LogP contribution is 2.39. The molecule has 0 aliphatic rings. The summed E-state index contributed by atoms with van der Waals surface area (Å²) < 4.78 is 16.8. The molecule has 2 amide bonds. The Balaban J connectivity index is 2.75. The summed E-state index contributed by atoms with van der Waals surface area (Å²) in [7, 11) is 0. The lowest BCUT2D eigenvalue weighted by Gasteiger charge is -2.17. The lowest BCUT2D eigenvalue weighted by atomic mass is 10.1. The summed E-state index contributed by atoms with van der Waals surface area (Å²) in [4.78, 5) is 23.6. The van der Waals surface area contributed by atoms with Crippen molar-refractivity contribution in [3.63, 3.8) is 0 Å². The lowest BCUT2D eigenvalue weighted by Crippen LogP contribution is -2.29. The Bertz CT molecular complexity index is 643. The number of nitrogens with zero attached hydrogens (tertiary/aromatic N) is 1. The molecule has 0 fully saturated rings. The summed E-state index contributed by atoms with van der Waals surface area (Å²) in [6, 6.07) is 5.03. The second-order valence-corrected chi connectivity index (χ2v) is 5.39. The number of benzene rings is 1. The normalized spacial score (nSPS) is 9.85. The zero-order valence-corrected chi connectivity index (χ0v) is 16.1. The van der Waals surface area contributed by atoms with E-state index in [-0.39, 0.29) is 18.2 Å². The fourth-order valence-corrected chi connectivity index (χ4v) is 2.27. The maximum Gasteiger partial charge on any atom is 0.251 e. The van der Waals surface area contributed by atoms with Gasteiger partial charge in [0.15, 0.2) is 11.5 Å². The first-order valence-corrected chi connectivity index (χ1v) is 9.05. The van der Waals surface area contributed by atoms with E-state index in [1.165, 1.54) is 0 Å². The molecule has 0 atom stereocenters. The Morgan fingerprint density at radius 1 is 0.963 bits per heavy atom. The molecule has 2 N–H and O–H groups in total. The molecule has 0 saturated carbocycles. The lowest BCUT2D eigenvalue weighted by molar-refractivity contribution is -0.120. The van der Waals surface area contributed by atoms with Crippen LogP contribution in [0.3, 0.4) is 0 Å². The monoisotopic (exact) mass is 377 g/mol. The molecule has 0 aliphatic carbocycles. The van der Waals surface area contributed by atoms with Gasteiger partial charge in [-0.15, -0.1) is 0 Å². The van der Waals surface area contributed by atoms with E-state index in [4.69, 9.17) is 19.5 Å². The molecule has 0 heterocycles. The predicted octanol–water partition coefficient (Wildman–Crippen LogP) is 2.03. The molecule has 0 unspecified atom stereocenters. The third kappa shape index (κ3) is 7.44. The number of nitrogens with one attached hydrogen (secondary N) is 2. The van der Waals surface area contributed by atoms with Gasteiger partial charge in [0.1, 0.15) is 6.42 Å². The summed E-state index contributed by atoms with van der Waals surface area (Å²) in [6.07, 6.45) is 0.384. The average Bonchev–Trinajstić information content (AvgIpc) is 2.64. The van der Waals surface area contributed by atoms with Crippen LogP contribution in [0.25, 0.3) is 0 Å². The van der Waals surface area contributed by atoms with E-state index < -0.39 is 0 Å². The first-order chi connectivity index (χ1) is 13.1. The highest BCUT2D eigenvalue weighted by atomic mass is 16.5. The molecule has 0 spiro atoms. The van der Waals surface area contributed by atoms with Crippen LogP contribution >= 0.6 is 0 Å². The summed E-state index contributed by atoms with van der Waals surface area (Å²) in [5.41, 5.74) is 0.402. The first-order valence-electron chi connectivity index (χ1n) is 9.05. The molecule has 8 heteroatoms. The minimum atomic E-state index is -0.321. The molecular weight excluding hydrogens is 350 g/mol. The maximum atomic E-state index is 12.4. The minimum absolute atomic E-state index is 0.168. The number of carbonyl (C=O) groups is 2. The van der Waals surface area contributed by atoms with E-state index in [2.05, 4.69) is 10.6 Å². The second kappa shape index (κ2) is 12.4. The van der Waals surface area contributed by atoms with Crippen LogP contribution in [-0.2, 0) is 4.79 Å². The highest BCUT2D eigenvalue weighted by Gasteiger charge is 2.18. The summed E-state index contributed by atoms with van der Waals surface area (Å²) >= 11 is 0. The van der Waals surface area contributed by atoms with Crippen molar-refractivity contribution in [1.82, 2.24) is 10.6 Å². The Morgan fingerprint density at radius 3 is 2.04 bits per heavy atom. The van der Waals surface area contributed by atoms with E-state index >= 15 is 0 Å². The highest BCUT2D eigenvalue weighted by molar-refractivity contribution is 5.95. The summed E-state index contributed by atoms with van der Waals surface area (Å²) in [6.45, 7) is 7.64. The quantitative estimate of drug-likeness (QED) is 0.540. The Morgan fingerprint density at radius 2 is 1.52 bits per heavy atom. The van der Waals surface area contributed by atoms with Crippen molar-refractivity contribution in [3.8, 4) is 23.3 Å². The van der Waals surface area contributed by atoms with Gasteiger partial charge < -0.3 is 24.8 Å². The summed E-state index contributed by atoms with van der Waals surface area (Å²) in [5, 5.41) is 13.8. The van der Waals surface area contributed by atoms with Crippen molar-refractivity contribution in [3.05, 3.63) is 17.7 Å². The molecule has 1 aromatic rings. The van der Waals surface area contributed by atoms with Crippen LogP contribution in [-0.4, -0.2) is 44.7 Å². The number of amides is 2. The Kier molecular flexibility index (Phi) is 10.2. The number of ether oxygens (including phenoxy) is 3. The molecule has 0 aromatic heterocycles. The molecule has 0 radical (unpaired) electrons. The van der Waals surface area contributed by atoms with Gasteiger partial charge in [-0.05, 0) is 39.3 Å². The minimum Gasteiger partial charge on any atom is -0.490 e. The van der Waals surface area contributed by atoms with Gasteiger partial charge in [-0.1, -0.05) is 0 Å². The van der Waals surface area contributed by atoms with Gasteiger partial charge in [0.2, 0.25) is 11.7 Å². The van der Waals surface area contributed by atoms with Crippen LogP contribution in [0.2, 0.25) is 0 Å². The van der Waals surface area contributed by atoms with Gasteiger partial charge in [-0.25, -0.2) is 0 Å².